The normalized spacial score (nSPS) is 18.1. The van der Waals surface area contributed by atoms with Gasteiger partial charge in [-0.25, -0.2) is 4.79 Å². The number of methoxy groups -OCH3 is 1. The second-order valence-corrected chi connectivity index (χ2v) is 7.41. The number of hydrogen-bond donors (Lipinski definition) is 1. The Labute approximate surface area is 169 Å². The molecule has 0 aliphatic carbocycles. The van der Waals surface area contributed by atoms with E-state index in [-0.39, 0.29) is 24.4 Å². The number of nitrogens with one attached hydrogen (secondary N) is 1. The zero-order chi connectivity index (χ0) is 20.4. The lowest BCUT2D eigenvalue weighted by Crippen LogP contribution is -2.55. The molecule has 0 atom stereocenters. The number of carbonyl (C=O) groups excluding carboxylic acids is 3. The van der Waals surface area contributed by atoms with Crippen molar-refractivity contribution in [2.45, 2.75) is 24.9 Å². The van der Waals surface area contributed by atoms with E-state index in [1.807, 2.05) is 30.3 Å². The molecule has 1 spiro atoms. The first kappa shape index (κ1) is 19.0. The first-order chi connectivity index (χ1) is 14.0. The van der Waals surface area contributed by atoms with Crippen molar-refractivity contribution < 1.29 is 19.1 Å². The predicted molar refractivity (Wildman–Crippen MR) is 106 cm³/mol. The number of urea groups is 1. The number of hydrogen-bond acceptors (Lipinski definition) is 4. The van der Waals surface area contributed by atoms with E-state index in [0.29, 0.717) is 37.2 Å². The van der Waals surface area contributed by atoms with E-state index in [4.69, 9.17) is 4.74 Å². The van der Waals surface area contributed by atoms with Crippen molar-refractivity contribution in [1.82, 2.24) is 15.1 Å². The second-order valence-electron chi connectivity index (χ2n) is 7.41. The van der Waals surface area contributed by atoms with E-state index in [9.17, 15) is 14.4 Å². The van der Waals surface area contributed by atoms with Crippen LogP contribution in [0.4, 0.5) is 4.79 Å². The van der Waals surface area contributed by atoms with Crippen LogP contribution in [0.5, 0.6) is 5.75 Å². The van der Waals surface area contributed by atoms with Gasteiger partial charge in [0.1, 0.15) is 11.3 Å². The number of ether oxygens (including phenoxy) is 1. The highest BCUT2D eigenvalue weighted by Gasteiger charge is 2.52. The molecule has 0 radical (unpaired) electrons. The molecule has 29 heavy (non-hydrogen) atoms. The Morgan fingerprint density at radius 2 is 1.79 bits per heavy atom. The number of nitrogens with zero attached hydrogens (tertiary/aromatic N) is 2. The lowest BCUT2D eigenvalue weighted by Gasteiger charge is -2.37. The summed E-state index contributed by atoms with van der Waals surface area (Å²) in [6.07, 6.45) is 0.803. The van der Waals surface area contributed by atoms with E-state index in [1.165, 1.54) is 4.90 Å². The Morgan fingerprint density at radius 3 is 2.48 bits per heavy atom. The molecule has 150 valence electrons. The molecule has 0 bridgehead atoms. The molecular weight excluding hydrogens is 370 g/mol. The third-order valence-electron chi connectivity index (χ3n) is 5.65. The fourth-order valence-corrected chi connectivity index (χ4v) is 3.95. The number of benzene rings is 2. The highest BCUT2D eigenvalue weighted by molar-refractivity contribution is 6.07. The summed E-state index contributed by atoms with van der Waals surface area (Å²) in [4.78, 5) is 41.3. The van der Waals surface area contributed by atoms with Crippen LogP contribution in [0.3, 0.4) is 0 Å². The number of rotatable bonds is 4. The largest absolute Gasteiger partial charge is 0.497 e. The average Bonchev–Trinajstić information content (AvgIpc) is 2.98. The van der Waals surface area contributed by atoms with Crippen molar-refractivity contribution in [3.8, 4) is 5.75 Å². The summed E-state index contributed by atoms with van der Waals surface area (Å²) in [6, 6.07) is 16.1. The zero-order valence-electron chi connectivity index (χ0n) is 16.3. The van der Waals surface area contributed by atoms with Crippen molar-refractivity contribution in [2.24, 2.45) is 0 Å². The molecule has 7 heteroatoms. The third-order valence-corrected chi connectivity index (χ3v) is 5.65. The van der Waals surface area contributed by atoms with Gasteiger partial charge in [-0.1, -0.05) is 36.4 Å². The van der Waals surface area contributed by atoms with Gasteiger partial charge in [0.05, 0.1) is 13.7 Å². The smallest absolute Gasteiger partial charge is 0.325 e. The summed E-state index contributed by atoms with van der Waals surface area (Å²) in [6.45, 7) is 1.06. The first-order valence-corrected chi connectivity index (χ1v) is 9.64. The SMILES string of the molecule is COc1cccc(C(=O)N2CCC3(CC2)NC(=O)N(Cc2ccccc2)C3=O)c1. The summed E-state index contributed by atoms with van der Waals surface area (Å²) >= 11 is 0. The molecule has 0 saturated carbocycles. The predicted octanol–water partition coefficient (Wildman–Crippen LogP) is 2.42. The highest BCUT2D eigenvalue weighted by atomic mass is 16.5. The second kappa shape index (κ2) is 7.58. The van der Waals surface area contributed by atoms with Gasteiger partial charge in [-0.15, -0.1) is 0 Å². The van der Waals surface area contributed by atoms with Crippen molar-refractivity contribution in [2.75, 3.05) is 20.2 Å². The van der Waals surface area contributed by atoms with Crippen LogP contribution in [0.1, 0.15) is 28.8 Å². The van der Waals surface area contributed by atoms with Gasteiger partial charge in [0.2, 0.25) is 0 Å². The van der Waals surface area contributed by atoms with Gasteiger partial charge in [-0.3, -0.25) is 14.5 Å². The van der Waals surface area contributed by atoms with Gasteiger partial charge in [0.15, 0.2) is 0 Å². The van der Waals surface area contributed by atoms with Crippen molar-refractivity contribution in [1.29, 1.82) is 0 Å². The molecule has 0 aromatic heterocycles. The monoisotopic (exact) mass is 393 g/mol. The zero-order valence-corrected chi connectivity index (χ0v) is 16.3. The molecule has 2 heterocycles. The molecule has 2 aromatic rings. The Kier molecular flexibility index (Phi) is 4.96. The molecule has 2 aliphatic heterocycles. The quantitative estimate of drug-likeness (QED) is 0.810. The Morgan fingerprint density at radius 1 is 1.07 bits per heavy atom. The molecule has 0 unspecified atom stereocenters. The molecule has 4 rings (SSSR count). The fourth-order valence-electron chi connectivity index (χ4n) is 3.95. The Hall–Kier alpha value is -3.35. The van der Waals surface area contributed by atoms with Crippen molar-refractivity contribution in [3.63, 3.8) is 0 Å². The van der Waals surface area contributed by atoms with Crippen LogP contribution in [0.25, 0.3) is 0 Å². The van der Waals surface area contributed by atoms with Gasteiger partial charge in [-0.2, -0.15) is 0 Å². The van der Waals surface area contributed by atoms with E-state index < -0.39 is 5.54 Å². The number of piperidine rings is 1. The van der Waals surface area contributed by atoms with Crippen LogP contribution >= 0.6 is 0 Å². The van der Waals surface area contributed by atoms with E-state index in [1.54, 1.807) is 36.3 Å². The number of likely N-dealkylation sites (tertiary alicyclic amines) is 1. The average molecular weight is 393 g/mol. The van der Waals surface area contributed by atoms with Crippen LogP contribution in [0, 0.1) is 0 Å². The Balaban J connectivity index is 1.43. The molecule has 2 fully saturated rings. The summed E-state index contributed by atoms with van der Waals surface area (Å²) in [5, 5.41) is 2.89. The minimum Gasteiger partial charge on any atom is -0.497 e. The van der Waals surface area contributed by atoms with Gasteiger partial charge in [0, 0.05) is 18.7 Å². The maximum atomic E-state index is 13.0. The molecule has 7 nitrogen and oxygen atoms in total. The topological polar surface area (TPSA) is 79.0 Å². The Bertz CT molecular complexity index is 936. The maximum Gasteiger partial charge on any atom is 0.325 e. The molecule has 2 aliphatic rings. The lowest BCUT2D eigenvalue weighted by atomic mass is 9.87. The summed E-state index contributed by atoms with van der Waals surface area (Å²) < 4.78 is 5.19. The van der Waals surface area contributed by atoms with Gasteiger partial charge in [0.25, 0.3) is 11.8 Å². The fraction of sp³-hybridized carbons (Fsp3) is 0.318. The van der Waals surface area contributed by atoms with Crippen LogP contribution in [-0.4, -0.2) is 53.4 Å². The van der Waals surface area contributed by atoms with Gasteiger partial charge in [-0.05, 0) is 36.6 Å². The van der Waals surface area contributed by atoms with Crippen LogP contribution in [0.2, 0.25) is 0 Å². The van der Waals surface area contributed by atoms with Crippen LogP contribution in [0.15, 0.2) is 54.6 Å². The van der Waals surface area contributed by atoms with E-state index in [2.05, 4.69) is 5.32 Å². The molecule has 1 N–H and O–H groups in total. The number of amides is 4. The lowest BCUT2D eigenvalue weighted by molar-refractivity contribution is -0.133. The molecule has 2 saturated heterocycles. The van der Waals surface area contributed by atoms with Crippen molar-refractivity contribution >= 4 is 17.8 Å². The number of carbonyl (C=O) groups is 3. The minimum absolute atomic E-state index is 0.100. The molecule has 2 aromatic carbocycles. The van der Waals surface area contributed by atoms with Gasteiger partial charge >= 0.3 is 6.03 Å². The maximum absolute atomic E-state index is 13.0. The van der Waals surface area contributed by atoms with Crippen molar-refractivity contribution in [3.05, 3.63) is 65.7 Å². The standard InChI is InChI=1S/C22H23N3O4/c1-29-18-9-5-8-17(14-18)19(26)24-12-10-22(11-13-24)20(27)25(21(28)23-22)15-16-6-3-2-4-7-16/h2-9,14H,10-13,15H2,1H3,(H,23,28). The summed E-state index contributed by atoms with van der Waals surface area (Å²) in [7, 11) is 1.56. The van der Waals surface area contributed by atoms with Gasteiger partial charge < -0.3 is 15.0 Å². The third kappa shape index (κ3) is 3.55. The molecule has 4 amide bonds. The summed E-state index contributed by atoms with van der Waals surface area (Å²) in [5.74, 6) is 0.315. The van der Waals surface area contributed by atoms with E-state index >= 15 is 0 Å². The minimum atomic E-state index is -0.920. The van der Waals surface area contributed by atoms with Crippen LogP contribution in [-0.2, 0) is 11.3 Å². The van der Waals surface area contributed by atoms with Crippen LogP contribution < -0.4 is 10.1 Å². The molecular formula is C22H23N3O4. The van der Waals surface area contributed by atoms with E-state index in [0.717, 1.165) is 5.56 Å². The summed E-state index contributed by atoms with van der Waals surface area (Å²) in [5.41, 5.74) is 0.531. The number of imide groups is 1. The first-order valence-electron chi connectivity index (χ1n) is 9.64. The highest BCUT2D eigenvalue weighted by Crippen LogP contribution is 2.31.